The second-order valence-electron chi connectivity index (χ2n) is 6.40. The van der Waals surface area contributed by atoms with Crippen molar-refractivity contribution in [1.82, 2.24) is 14.9 Å². The van der Waals surface area contributed by atoms with Crippen molar-refractivity contribution in [3.63, 3.8) is 0 Å². The lowest BCUT2D eigenvalue weighted by Crippen LogP contribution is -2.44. The maximum absolute atomic E-state index is 12.9. The number of hydrogen-bond donors (Lipinski definition) is 0. The van der Waals surface area contributed by atoms with Gasteiger partial charge in [0.1, 0.15) is 6.33 Å². The second kappa shape index (κ2) is 5.74. The van der Waals surface area contributed by atoms with E-state index in [0.29, 0.717) is 6.54 Å². The number of anilines is 1. The molecule has 0 spiro atoms. The van der Waals surface area contributed by atoms with Crippen molar-refractivity contribution in [2.75, 3.05) is 18.0 Å². The van der Waals surface area contributed by atoms with E-state index >= 15 is 0 Å². The minimum absolute atomic E-state index is 0.181. The first kappa shape index (κ1) is 14.3. The molecule has 3 heterocycles. The van der Waals surface area contributed by atoms with Gasteiger partial charge in [0.2, 0.25) is 5.91 Å². The van der Waals surface area contributed by atoms with E-state index in [1.165, 1.54) is 11.1 Å². The lowest BCUT2D eigenvalue weighted by Gasteiger charge is -2.30. The molecular weight excluding hydrogens is 288 g/mol. The third-order valence-electron chi connectivity index (χ3n) is 4.79. The minimum atomic E-state index is 0.181. The quantitative estimate of drug-likeness (QED) is 0.849. The summed E-state index contributed by atoms with van der Waals surface area (Å²) >= 11 is 0. The fourth-order valence-electron chi connectivity index (χ4n) is 3.65. The first-order valence-electron chi connectivity index (χ1n) is 8.12. The molecule has 1 atom stereocenters. The van der Waals surface area contributed by atoms with Gasteiger partial charge in [-0.15, -0.1) is 0 Å². The Hall–Kier alpha value is -2.27. The fourth-order valence-corrected chi connectivity index (χ4v) is 3.65. The van der Waals surface area contributed by atoms with Gasteiger partial charge in [-0.2, -0.15) is 0 Å². The van der Waals surface area contributed by atoms with Gasteiger partial charge in [0, 0.05) is 31.0 Å². The van der Waals surface area contributed by atoms with Gasteiger partial charge < -0.3 is 4.90 Å². The van der Waals surface area contributed by atoms with Crippen LogP contribution in [0.5, 0.6) is 0 Å². The molecule has 1 aromatic carbocycles. The standard InChI is InChI=1S/C18H20N4O/c1-13-8-14-4-2-3-5-17(14)22(13)18(23)11-21-7-6-15-9-19-12-20-16(15)10-21/h2-5,9,12-13H,6-8,10-11H2,1H3. The molecule has 4 rings (SSSR count). The van der Waals surface area contributed by atoms with Crippen LogP contribution in [0.15, 0.2) is 36.8 Å². The number of nitrogens with zero attached hydrogens (tertiary/aromatic N) is 4. The van der Waals surface area contributed by atoms with Crippen LogP contribution in [0.1, 0.15) is 23.7 Å². The number of benzene rings is 1. The van der Waals surface area contributed by atoms with Gasteiger partial charge in [-0.1, -0.05) is 18.2 Å². The first-order chi connectivity index (χ1) is 11.2. The third-order valence-corrected chi connectivity index (χ3v) is 4.79. The highest BCUT2D eigenvalue weighted by Gasteiger charge is 2.31. The molecule has 118 valence electrons. The van der Waals surface area contributed by atoms with Crippen LogP contribution in [0.2, 0.25) is 0 Å². The molecule has 5 heteroatoms. The number of para-hydroxylation sites is 1. The molecule has 1 aromatic heterocycles. The fraction of sp³-hybridized carbons (Fsp3) is 0.389. The molecular formula is C18H20N4O. The molecule has 1 unspecified atom stereocenters. The summed E-state index contributed by atoms with van der Waals surface area (Å²) in [6.07, 6.45) is 5.33. The predicted molar refractivity (Wildman–Crippen MR) is 88.1 cm³/mol. The molecule has 2 aliphatic heterocycles. The summed E-state index contributed by atoms with van der Waals surface area (Å²) in [7, 11) is 0. The van der Waals surface area contributed by atoms with E-state index in [2.05, 4.69) is 33.9 Å². The number of hydrogen-bond acceptors (Lipinski definition) is 4. The minimum Gasteiger partial charge on any atom is -0.308 e. The van der Waals surface area contributed by atoms with Crippen LogP contribution in [0.3, 0.4) is 0 Å². The van der Waals surface area contributed by atoms with Crippen molar-refractivity contribution in [1.29, 1.82) is 0 Å². The summed E-state index contributed by atoms with van der Waals surface area (Å²) in [4.78, 5) is 25.4. The Morgan fingerprint density at radius 2 is 2.17 bits per heavy atom. The number of carbonyl (C=O) groups is 1. The molecule has 0 radical (unpaired) electrons. The Bertz CT molecular complexity index is 745. The van der Waals surface area contributed by atoms with Crippen LogP contribution >= 0.6 is 0 Å². The third kappa shape index (κ3) is 2.61. The molecule has 1 amide bonds. The Morgan fingerprint density at radius 1 is 1.30 bits per heavy atom. The highest BCUT2D eigenvalue weighted by atomic mass is 16.2. The van der Waals surface area contributed by atoms with Crippen molar-refractivity contribution in [2.45, 2.75) is 32.4 Å². The van der Waals surface area contributed by atoms with Gasteiger partial charge in [-0.3, -0.25) is 9.69 Å². The smallest absolute Gasteiger partial charge is 0.241 e. The van der Waals surface area contributed by atoms with Gasteiger partial charge in [-0.25, -0.2) is 9.97 Å². The molecule has 0 bridgehead atoms. The highest BCUT2D eigenvalue weighted by molar-refractivity contribution is 5.97. The van der Waals surface area contributed by atoms with Crippen molar-refractivity contribution in [3.8, 4) is 0 Å². The van der Waals surface area contributed by atoms with E-state index in [0.717, 1.165) is 37.3 Å². The van der Waals surface area contributed by atoms with Crippen LogP contribution < -0.4 is 4.90 Å². The maximum atomic E-state index is 12.9. The SMILES string of the molecule is CC1Cc2ccccc2N1C(=O)CN1CCc2cncnc2C1. The number of carbonyl (C=O) groups excluding carboxylic acids is 1. The van der Waals surface area contributed by atoms with Crippen LogP contribution in [0, 0.1) is 0 Å². The lowest BCUT2D eigenvalue weighted by atomic mass is 10.1. The normalized spacial score (nSPS) is 20.2. The maximum Gasteiger partial charge on any atom is 0.241 e. The molecule has 23 heavy (non-hydrogen) atoms. The van der Waals surface area contributed by atoms with Crippen molar-refractivity contribution < 1.29 is 4.79 Å². The van der Waals surface area contributed by atoms with Crippen molar-refractivity contribution >= 4 is 11.6 Å². The lowest BCUT2D eigenvalue weighted by molar-refractivity contribution is -0.120. The second-order valence-corrected chi connectivity index (χ2v) is 6.40. The summed E-state index contributed by atoms with van der Waals surface area (Å²) in [5.74, 6) is 0.181. The molecule has 0 N–H and O–H groups in total. The van der Waals surface area contributed by atoms with Crippen molar-refractivity contribution in [3.05, 3.63) is 53.6 Å². The van der Waals surface area contributed by atoms with E-state index in [1.54, 1.807) is 6.33 Å². The monoisotopic (exact) mass is 308 g/mol. The Balaban J connectivity index is 1.49. The molecule has 2 aliphatic rings. The molecule has 0 saturated carbocycles. The topological polar surface area (TPSA) is 49.3 Å². The Labute approximate surface area is 136 Å². The largest absolute Gasteiger partial charge is 0.308 e. The van der Waals surface area contributed by atoms with Gasteiger partial charge in [0.25, 0.3) is 0 Å². The van der Waals surface area contributed by atoms with Crippen LogP contribution in [0.4, 0.5) is 5.69 Å². The number of rotatable bonds is 2. The predicted octanol–water partition coefficient (Wildman–Crippen LogP) is 1.81. The molecule has 0 aliphatic carbocycles. The van der Waals surface area contributed by atoms with Crippen molar-refractivity contribution in [2.24, 2.45) is 0 Å². The Kier molecular flexibility index (Phi) is 3.58. The van der Waals surface area contributed by atoms with E-state index in [9.17, 15) is 4.79 Å². The average Bonchev–Trinajstić information content (AvgIpc) is 2.90. The number of fused-ring (bicyclic) bond motifs is 2. The molecule has 0 fully saturated rings. The summed E-state index contributed by atoms with van der Waals surface area (Å²) in [5.41, 5.74) is 4.60. The first-order valence-corrected chi connectivity index (χ1v) is 8.12. The van der Waals surface area contributed by atoms with Crippen LogP contribution in [-0.2, 0) is 24.2 Å². The van der Waals surface area contributed by atoms with E-state index < -0.39 is 0 Å². The zero-order chi connectivity index (χ0) is 15.8. The summed E-state index contributed by atoms with van der Waals surface area (Å²) < 4.78 is 0. The summed E-state index contributed by atoms with van der Waals surface area (Å²) in [5, 5.41) is 0. The van der Waals surface area contributed by atoms with E-state index in [4.69, 9.17) is 0 Å². The summed E-state index contributed by atoms with van der Waals surface area (Å²) in [6.45, 7) is 4.18. The van der Waals surface area contributed by atoms with Gasteiger partial charge in [0.05, 0.1) is 12.2 Å². The zero-order valence-corrected chi connectivity index (χ0v) is 13.3. The zero-order valence-electron chi connectivity index (χ0n) is 13.3. The van der Waals surface area contributed by atoms with E-state index in [-0.39, 0.29) is 11.9 Å². The Morgan fingerprint density at radius 3 is 3.09 bits per heavy atom. The van der Waals surface area contributed by atoms with Crippen LogP contribution in [-0.4, -0.2) is 39.9 Å². The molecule has 2 aromatic rings. The molecule has 5 nitrogen and oxygen atoms in total. The number of amides is 1. The van der Waals surface area contributed by atoms with Gasteiger partial charge in [-0.05, 0) is 37.0 Å². The highest BCUT2D eigenvalue weighted by Crippen LogP contribution is 2.32. The summed E-state index contributed by atoms with van der Waals surface area (Å²) in [6, 6.07) is 8.45. The average molecular weight is 308 g/mol. The van der Waals surface area contributed by atoms with Gasteiger partial charge >= 0.3 is 0 Å². The van der Waals surface area contributed by atoms with Gasteiger partial charge in [0.15, 0.2) is 0 Å². The number of aromatic nitrogens is 2. The molecule has 0 saturated heterocycles. The van der Waals surface area contributed by atoms with Crippen LogP contribution in [0.25, 0.3) is 0 Å². The van der Waals surface area contributed by atoms with E-state index in [1.807, 2.05) is 23.2 Å².